The summed E-state index contributed by atoms with van der Waals surface area (Å²) in [6.07, 6.45) is 2.53. The zero-order valence-electron chi connectivity index (χ0n) is 11.2. The number of likely N-dealkylation sites (tertiary alicyclic amines) is 1. The average Bonchev–Trinajstić information content (AvgIpc) is 2.36. The summed E-state index contributed by atoms with van der Waals surface area (Å²) in [7, 11) is 0. The highest BCUT2D eigenvalue weighted by atomic mass is 35.5. The minimum atomic E-state index is 0.241. The molecule has 2 nitrogen and oxygen atoms in total. The number of para-hydroxylation sites is 1. The number of aromatic hydroxyl groups is 1. The fraction of sp³-hybridized carbons (Fsp3) is 0.600. The van der Waals surface area contributed by atoms with Gasteiger partial charge in [-0.05, 0) is 43.8 Å². The van der Waals surface area contributed by atoms with E-state index < -0.39 is 0 Å². The summed E-state index contributed by atoms with van der Waals surface area (Å²) in [4.78, 5) is 2.41. The van der Waals surface area contributed by atoms with Gasteiger partial charge in [0, 0.05) is 12.1 Å². The van der Waals surface area contributed by atoms with Crippen LogP contribution in [0.5, 0.6) is 5.75 Å². The van der Waals surface area contributed by atoms with Crippen LogP contribution in [0.25, 0.3) is 0 Å². The number of halogens is 1. The third kappa shape index (κ3) is 3.18. The van der Waals surface area contributed by atoms with Crippen molar-refractivity contribution in [3.63, 3.8) is 0 Å². The molecule has 0 unspecified atom stereocenters. The number of nitrogens with zero attached hydrogens (tertiary/aromatic N) is 1. The van der Waals surface area contributed by atoms with E-state index in [1.165, 1.54) is 12.8 Å². The summed E-state index contributed by atoms with van der Waals surface area (Å²) < 4.78 is 0. The lowest BCUT2D eigenvalue weighted by molar-refractivity contribution is 0.151. The molecule has 0 aliphatic carbocycles. The molecule has 18 heavy (non-hydrogen) atoms. The van der Waals surface area contributed by atoms with Crippen molar-refractivity contribution in [1.29, 1.82) is 0 Å². The summed E-state index contributed by atoms with van der Waals surface area (Å²) in [5.74, 6) is 1.88. The Balaban J connectivity index is 1.94. The lowest BCUT2D eigenvalue weighted by Crippen LogP contribution is -2.34. The first-order valence-corrected chi connectivity index (χ1v) is 7.14. The van der Waals surface area contributed by atoms with Crippen LogP contribution in [0.15, 0.2) is 18.2 Å². The molecule has 0 spiro atoms. The molecule has 2 rings (SSSR count). The van der Waals surface area contributed by atoms with Crippen LogP contribution in [0.3, 0.4) is 0 Å². The van der Waals surface area contributed by atoms with Crippen molar-refractivity contribution >= 4 is 11.6 Å². The number of rotatable bonds is 3. The van der Waals surface area contributed by atoms with Gasteiger partial charge in [0.15, 0.2) is 0 Å². The average molecular weight is 268 g/mol. The predicted molar refractivity (Wildman–Crippen MR) is 76.0 cm³/mol. The van der Waals surface area contributed by atoms with Crippen LogP contribution in [0, 0.1) is 11.8 Å². The number of piperidine rings is 1. The van der Waals surface area contributed by atoms with Crippen LogP contribution >= 0.6 is 11.6 Å². The molecule has 1 aliphatic heterocycles. The number of hydrogen-bond acceptors (Lipinski definition) is 2. The molecule has 1 aliphatic rings. The van der Waals surface area contributed by atoms with E-state index >= 15 is 0 Å². The van der Waals surface area contributed by atoms with Gasteiger partial charge >= 0.3 is 0 Å². The van der Waals surface area contributed by atoms with Gasteiger partial charge in [-0.1, -0.05) is 37.6 Å². The first kappa shape index (κ1) is 13.7. The fourth-order valence-electron chi connectivity index (χ4n) is 2.71. The maximum absolute atomic E-state index is 9.91. The summed E-state index contributed by atoms with van der Waals surface area (Å²) in [6.45, 7) is 7.66. The SMILES string of the molecule is CC(C)C1CCN(Cc2cccc(Cl)c2O)CC1. The van der Waals surface area contributed by atoms with Gasteiger partial charge in [0.25, 0.3) is 0 Å². The van der Waals surface area contributed by atoms with Gasteiger partial charge in [-0.25, -0.2) is 0 Å². The molecule has 100 valence electrons. The van der Waals surface area contributed by atoms with Crippen molar-refractivity contribution in [2.24, 2.45) is 11.8 Å². The Morgan fingerprint density at radius 1 is 1.33 bits per heavy atom. The Bertz CT molecular complexity index is 397. The number of phenols is 1. The Morgan fingerprint density at radius 3 is 2.61 bits per heavy atom. The lowest BCUT2D eigenvalue weighted by atomic mass is 9.86. The Morgan fingerprint density at radius 2 is 2.00 bits per heavy atom. The van der Waals surface area contributed by atoms with E-state index in [-0.39, 0.29) is 5.75 Å². The Kier molecular flexibility index (Phi) is 4.52. The van der Waals surface area contributed by atoms with E-state index in [4.69, 9.17) is 11.6 Å². The fourth-order valence-corrected chi connectivity index (χ4v) is 2.90. The highest BCUT2D eigenvalue weighted by molar-refractivity contribution is 6.32. The molecule has 1 aromatic carbocycles. The molecule has 0 aromatic heterocycles. The maximum Gasteiger partial charge on any atom is 0.138 e. The van der Waals surface area contributed by atoms with E-state index in [9.17, 15) is 5.11 Å². The summed E-state index contributed by atoms with van der Waals surface area (Å²) in [5, 5.41) is 10.4. The van der Waals surface area contributed by atoms with E-state index in [0.717, 1.165) is 37.0 Å². The summed E-state index contributed by atoms with van der Waals surface area (Å²) in [6, 6.07) is 5.58. The van der Waals surface area contributed by atoms with E-state index in [1.54, 1.807) is 6.07 Å². The molecule has 0 saturated carbocycles. The van der Waals surface area contributed by atoms with Crippen LogP contribution in [0.1, 0.15) is 32.3 Å². The number of hydrogen-bond donors (Lipinski definition) is 1. The Hall–Kier alpha value is -0.730. The zero-order chi connectivity index (χ0) is 13.1. The molecule has 1 aromatic rings. The highest BCUT2D eigenvalue weighted by Gasteiger charge is 2.22. The normalized spacial score (nSPS) is 18.4. The van der Waals surface area contributed by atoms with Gasteiger partial charge in [0.2, 0.25) is 0 Å². The number of benzene rings is 1. The summed E-state index contributed by atoms with van der Waals surface area (Å²) in [5.41, 5.74) is 0.936. The van der Waals surface area contributed by atoms with Crippen LogP contribution < -0.4 is 0 Å². The van der Waals surface area contributed by atoms with E-state index in [1.807, 2.05) is 12.1 Å². The van der Waals surface area contributed by atoms with Gasteiger partial charge in [-0.15, -0.1) is 0 Å². The molecule has 1 N–H and O–H groups in total. The maximum atomic E-state index is 9.91. The minimum Gasteiger partial charge on any atom is -0.506 e. The molecule has 0 radical (unpaired) electrons. The van der Waals surface area contributed by atoms with E-state index in [2.05, 4.69) is 18.7 Å². The largest absolute Gasteiger partial charge is 0.506 e. The van der Waals surface area contributed by atoms with Gasteiger partial charge < -0.3 is 5.11 Å². The first-order chi connectivity index (χ1) is 8.58. The Labute approximate surface area is 115 Å². The molecule has 3 heteroatoms. The van der Waals surface area contributed by atoms with Gasteiger partial charge in [0.05, 0.1) is 5.02 Å². The second-order valence-corrected chi connectivity index (χ2v) is 6.01. The molecular formula is C15H22ClNO. The predicted octanol–water partition coefficient (Wildman–Crippen LogP) is 3.91. The minimum absolute atomic E-state index is 0.241. The monoisotopic (exact) mass is 267 g/mol. The van der Waals surface area contributed by atoms with Crippen molar-refractivity contribution in [3.05, 3.63) is 28.8 Å². The van der Waals surface area contributed by atoms with Crippen LogP contribution in [-0.2, 0) is 6.54 Å². The van der Waals surface area contributed by atoms with Crippen molar-refractivity contribution in [1.82, 2.24) is 4.90 Å². The molecule has 0 atom stereocenters. The smallest absolute Gasteiger partial charge is 0.138 e. The molecule has 0 amide bonds. The molecule has 1 fully saturated rings. The quantitative estimate of drug-likeness (QED) is 0.897. The third-order valence-electron chi connectivity index (χ3n) is 4.04. The van der Waals surface area contributed by atoms with E-state index in [0.29, 0.717) is 5.02 Å². The first-order valence-electron chi connectivity index (χ1n) is 6.76. The van der Waals surface area contributed by atoms with Crippen LogP contribution in [-0.4, -0.2) is 23.1 Å². The van der Waals surface area contributed by atoms with Crippen LogP contribution in [0.2, 0.25) is 5.02 Å². The standard InChI is InChI=1S/C15H22ClNO/c1-11(2)12-6-8-17(9-7-12)10-13-4-3-5-14(16)15(13)18/h3-5,11-12,18H,6-10H2,1-2H3. The van der Waals surface area contributed by atoms with Crippen molar-refractivity contribution < 1.29 is 5.11 Å². The summed E-state index contributed by atoms with van der Waals surface area (Å²) >= 11 is 5.93. The molecule has 1 heterocycles. The van der Waals surface area contributed by atoms with Gasteiger partial charge in [0.1, 0.15) is 5.75 Å². The zero-order valence-corrected chi connectivity index (χ0v) is 12.0. The lowest BCUT2D eigenvalue weighted by Gasteiger charge is -2.34. The van der Waals surface area contributed by atoms with Gasteiger partial charge in [-0.3, -0.25) is 4.90 Å². The highest BCUT2D eigenvalue weighted by Crippen LogP contribution is 2.30. The third-order valence-corrected chi connectivity index (χ3v) is 4.34. The van der Waals surface area contributed by atoms with Crippen molar-refractivity contribution in [2.75, 3.05) is 13.1 Å². The molecule has 0 bridgehead atoms. The van der Waals surface area contributed by atoms with Crippen molar-refractivity contribution in [2.45, 2.75) is 33.2 Å². The molecular weight excluding hydrogens is 246 g/mol. The van der Waals surface area contributed by atoms with Crippen molar-refractivity contribution in [3.8, 4) is 5.75 Å². The number of phenolic OH excluding ortho intramolecular Hbond substituents is 1. The topological polar surface area (TPSA) is 23.5 Å². The van der Waals surface area contributed by atoms with Gasteiger partial charge in [-0.2, -0.15) is 0 Å². The van der Waals surface area contributed by atoms with Crippen LogP contribution in [0.4, 0.5) is 0 Å². The molecule has 1 saturated heterocycles. The second-order valence-electron chi connectivity index (χ2n) is 5.61. The second kappa shape index (κ2) is 5.94.